The summed E-state index contributed by atoms with van der Waals surface area (Å²) in [6, 6.07) is 7.66. The third-order valence-electron chi connectivity index (χ3n) is 2.73. The number of aromatic nitrogens is 1. The molecule has 2 N–H and O–H groups in total. The van der Waals surface area contributed by atoms with Crippen molar-refractivity contribution in [3.8, 4) is 0 Å². The van der Waals surface area contributed by atoms with Crippen LogP contribution >= 0.6 is 15.9 Å². The molecule has 0 aliphatic carbocycles. The maximum Gasteiger partial charge on any atom is 0.227 e. The van der Waals surface area contributed by atoms with Crippen molar-refractivity contribution in [1.82, 2.24) is 5.16 Å². The van der Waals surface area contributed by atoms with Crippen LogP contribution in [0.3, 0.4) is 0 Å². The summed E-state index contributed by atoms with van der Waals surface area (Å²) in [6.45, 7) is 4.36. The van der Waals surface area contributed by atoms with E-state index in [1.54, 1.807) is 13.0 Å². The van der Waals surface area contributed by atoms with Crippen LogP contribution in [-0.2, 0) is 4.79 Å². The lowest BCUT2D eigenvalue weighted by Gasteiger charge is -2.07. The van der Waals surface area contributed by atoms with Gasteiger partial charge in [-0.1, -0.05) is 21.1 Å². The molecule has 0 radical (unpaired) electrons. The molecule has 106 valence electrons. The molecular formula is C14H16BrN3O2. The Hall–Kier alpha value is -1.82. The lowest BCUT2D eigenvalue weighted by molar-refractivity contribution is -0.116. The Labute approximate surface area is 125 Å². The molecule has 0 spiro atoms. The van der Waals surface area contributed by atoms with Gasteiger partial charge in [-0.15, -0.1) is 0 Å². The van der Waals surface area contributed by atoms with Crippen molar-refractivity contribution in [1.29, 1.82) is 0 Å². The van der Waals surface area contributed by atoms with E-state index >= 15 is 0 Å². The van der Waals surface area contributed by atoms with Crippen molar-refractivity contribution in [2.24, 2.45) is 0 Å². The topological polar surface area (TPSA) is 67.2 Å². The van der Waals surface area contributed by atoms with Gasteiger partial charge in [-0.05, 0) is 37.6 Å². The van der Waals surface area contributed by atoms with E-state index in [0.717, 1.165) is 15.7 Å². The maximum atomic E-state index is 11.7. The van der Waals surface area contributed by atoms with Gasteiger partial charge in [-0.3, -0.25) is 4.79 Å². The van der Waals surface area contributed by atoms with Crippen LogP contribution in [0.15, 0.2) is 33.3 Å². The van der Waals surface area contributed by atoms with Gasteiger partial charge in [0, 0.05) is 29.2 Å². The van der Waals surface area contributed by atoms with E-state index in [9.17, 15) is 4.79 Å². The van der Waals surface area contributed by atoms with Gasteiger partial charge >= 0.3 is 0 Å². The quantitative estimate of drug-likeness (QED) is 0.876. The molecule has 0 unspecified atom stereocenters. The number of nitrogens with zero attached hydrogens (tertiary/aromatic N) is 1. The Morgan fingerprint density at radius 2 is 2.15 bits per heavy atom. The smallest absolute Gasteiger partial charge is 0.227 e. The molecule has 20 heavy (non-hydrogen) atoms. The normalized spacial score (nSPS) is 10.3. The minimum absolute atomic E-state index is 0.0976. The molecule has 0 saturated carbocycles. The van der Waals surface area contributed by atoms with Crippen LogP contribution in [0.2, 0.25) is 0 Å². The number of carbonyl (C=O) groups excluding carboxylic acids is 1. The van der Waals surface area contributed by atoms with Gasteiger partial charge in [0.1, 0.15) is 5.76 Å². The zero-order valence-electron chi connectivity index (χ0n) is 11.4. The van der Waals surface area contributed by atoms with Crippen LogP contribution in [0.25, 0.3) is 0 Å². The number of benzene rings is 1. The molecule has 1 amide bonds. The maximum absolute atomic E-state index is 11.7. The summed E-state index contributed by atoms with van der Waals surface area (Å²) >= 11 is 3.45. The first kappa shape index (κ1) is 14.6. The fourth-order valence-corrected chi connectivity index (χ4v) is 1.95. The Balaban J connectivity index is 1.77. The van der Waals surface area contributed by atoms with Gasteiger partial charge in [0.2, 0.25) is 5.91 Å². The number of carbonyl (C=O) groups is 1. The molecule has 0 bridgehead atoms. The molecule has 0 atom stereocenters. The summed E-state index contributed by atoms with van der Waals surface area (Å²) in [7, 11) is 0. The van der Waals surface area contributed by atoms with Crippen LogP contribution in [0, 0.1) is 13.8 Å². The van der Waals surface area contributed by atoms with Crippen LogP contribution in [-0.4, -0.2) is 17.6 Å². The molecule has 2 aromatic rings. The second-order valence-electron chi connectivity index (χ2n) is 4.51. The van der Waals surface area contributed by atoms with Crippen LogP contribution in [0.1, 0.15) is 17.7 Å². The standard InChI is InChI=1S/C14H16BrN3O2/c1-9-7-11(3-4-12(9)15)16-6-5-14(19)17-13-8-10(2)20-18-13/h3-4,7-8,16H,5-6H2,1-2H3,(H,17,18,19). The molecule has 5 nitrogen and oxygen atoms in total. The number of nitrogens with one attached hydrogen (secondary N) is 2. The van der Waals surface area contributed by atoms with Gasteiger partial charge in [0.25, 0.3) is 0 Å². The highest BCUT2D eigenvalue weighted by atomic mass is 79.9. The van der Waals surface area contributed by atoms with E-state index in [4.69, 9.17) is 4.52 Å². The summed E-state index contributed by atoms with van der Waals surface area (Å²) in [4.78, 5) is 11.7. The lowest BCUT2D eigenvalue weighted by atomic mass is 10.2. The zero-order chi connectivity index (χ0) is 14.5. The van der Waals surface area contributed by atoms with Crippen molar-refractivity contribution in [2.75, 3.05) is 17.2 Å². The lowest BCUT2D eigenvalue weighted by Crippen LogP contribution is -2.16. The molecule has 1 aromatic carbocycles. The van der Waals surface area contributed by atoms with Gasteiger partial charge in [-0.2, -0.15) is 0 Å². The van der Waals surface area contributed by atoms with Crippen LogP contribution in [0.5, 0.6) is 0 Å². The van der Waals surface area contributed by atoms with Gasteiger partial charge in [0.15, 0.2) is 5.82 Å². The third kappa shape index (κ3) is 4.09. The number of halogens is 1. The third-order valence-corrected chi connectivity index (χ3v) is 3.62. The molecule has 0 aliphatic heterocycles. The zero-order valence-corrected chi connectivity index (χ0v) is 13.0. The number of hydrogen-bond acceptors (Lipinski definition) is 4. The van der Waals surface area contributed by atoms with Crippen LogP contribution < -0.4 is 10.6 Å². The minimum atomic E-state index is -0.0976. The summed E-state index contributed by atoms with van der Waals surface area (Å²) in [5.74, 6) is 1.02. The predicted octanol–water partition coefficient (Wildman–Crippen LogP) is 3.49. The van der Waals surface area contributed by atoms with Crippen molar-refractivity contribution in [3.05, 3.63) is 40.1 Å². The number of amides is 1. The van der Waals surface area contributed by atoms with Crippen molar-refractivity contribution in [2.45, 2.75) is 20.3 Å². The second kappa shape index (κ2) is 6.56. The highest BCUT2D eigenvalue weighted by Gasteiger charge is 2.06. The molecule has 0 aliphatic rings. The van der Waals surface area contributed by atoms with Crippen molar-refractivity contribution >= 4 is 33.3 Å². The van der Waals surface area contributed by atoms with E-state index in [-0.39, 0.29) is 5.91 Å². The first-order valence-corrected chi connectivity index (χ1v) is 7.07. The fourth-order valence-electron chi connectivity index (χ4n) is 1.71. The van der Waals surface area contributed by atoms with Crippen molar-refractivity contribution in [3.63, 3.8) is 0 Å². The molecule has 1 heterocycles. The molecule has 0 fully saturated rings. The highest BCUT2D eigenvalue weighted by Crippen LogP contribution is 2.19. The average molecular weight is 338 g/mol. The Morgan fingerprint density at radius 1 is 1.35 bits per heavy atom. The van der Waals surface area contributed by atoms with Crippen LogP contribution in [0.4, 0.5) is 11.5 Å². The SMILES string of the molecule is Cc1cc(NC(=O)CCNc2ccc(Br)c(C)c2)no1. The Kier molecular flexibility index (Phi) is 4.79. The summed E-state index contributed by atoms with van der Waals surface area (Å²) in [6.07, 6.45) is 0.362. The van der Waals surface area contributed by atoms with E-state index in [1.165, 1.54) is 0 Å². The number of anilines is 2. The first-order valence-electron chi connectivity index (χ1n) is 6.28. The Bertz CT molecular complexity index is 610. The second-order valence-corrected chi connectivity index (χ2v) is 5.37. The number of rotatable bonds is 5. The summed E-state index contributed by atoms with van der Waals surface area (Å²) in [5.41, 5.74) is 2.15. The van der Waals surface area contributed by atoms with Gasteiger partial charge < -0.3 is 15.2 Å². The highest BCUT2D eigenvalue weighted by molar-refractivity contribution is 9.10. The predicted molar refractivity (Wildman–Crippen MR) is 81.9 cm³/mol. The summed E-state index contributed by atoms with van der Waals surface area (Å²) in [5, 5.41) is 9.60. The molecule has 1 aromatic heterocycles. The van der Waals surface area contributed by atoms with Gasteiger partial charge in [0.05, 0.1) is 0 Å². The molecule has 2 rings (SSSR count). The fraction of sp³-hybridized carbons (Fsp3) is 0.286. The minimum Gasteiger partial charge on any atom is -0.385 e. The largest absolute Gasteiger partial charge is 0.385 e. The number of aryl methyl sites for hydroxylation is 2. The molecule has 0 saturated heterocycles. The summed E-state index contributed by atoms with van der Waals surface area (Å²) < 4.78 is 5.95. The monoisotopic (exact) mass is 337 g/mol. The average Bonchev–Trinajstić information content (AvgIpc) is 2.79. The van der Waals surface area contributed by atoms with E-state index < -0.39 is 0 Å². The molecule has 6 heteroatoms. The van der Waals surface area contributed by atoms with E-state index in [0.29, 0.717) is 24.5 Å². The van der Waals surface area contributed by atoms with E-state index in [2.05, 4.69) is 31.7 Å². The van der Waals surface area contributed by atoms with Gasteiger partial charge in [-0.25, -0.2) is 0 Å². The Morgan fingerprint density at radius 3 is 2.80 bits per heavy atom. The first-order chi connectivity index (χ1) is 9.54. The number of hydrogen-bond donors (Lipinski definition) is 2. The van der Waals surface area contributed by atoms with Crippen molar-refractivity contribution < 1.29 is 9.32 Å². The van der Waals surface area contributed by atoms with E-state index in [1.807, 2.05) is 25.1 Å². The molecular weight excluding hydrogens is 322 g/mol.